The summed E-state index contributed by atoms with van der Waals surface area (Å²) >= 11 is 2.51. The lowest BCUT2D eigenvalue weighted by atomic mass is 10.1. The highest BCUT2D eigenvalue weighted by atomic mass is 32.2. The Kier molecular flexibility index (Phi) is 4.97. The topological polar surface area (TPSA) is 122 Å². The van der Waals surface area contributed by atoms with Crippen molar-refractivity contribution in [3.05, 3.63) is 39.0 Å². The van der Waals surface area contributed by atoms with Crippen LogP contribution in [-0.4, -0.2) is 28.8 Å². The number of esters is 1. The van der Waals surface area contributed by atoms with Gasteiger partial charge in [0.05, 0.1) is 18.0 Å². The number of thioether (sulfide) groups is 1. The van der Waals surface area contributed by atoms with Crippen LogP contribution in [0, 0.1) is 11.3 Å². The third-order valence-corrected chi connectivity index (χ3v) is 5.41. The fraction of sp³-hybridized carbons (Fsp3) is 0.176. The molecule has 0 unspecified atom stereocenters. The second-order valence-corrected chi connectivity index (χ2v) is 7.03. The predicted octanol–water partition coefficient (Wildman–Crippen LogP) is 3.00. The minimum absolute atomic E-state index is 0.0680. The molecule has 0 saturated heterocycles. The van der Waals surface area contributed by atoms with Crippen LogP contribution in [0.5, 0.6) is 0 Å². The van der Waals surface area contributed by atoms with Crippen molar-refractivity contribution in [2.45, 2.75) is 12.1 Å². The van der Waals surface area contributed by atoms with Crippen molar-refractivity contribution < 1.29 is 9.53 Å². The maximum Gasteiger partial charge on any atom is 0.350 e. The summed E-state index contributed by atoms with van der Waals surface area (Å²) in [5.74, 6) is -0.468. The molecule has 0 aliphatic heterocycles. The van der Waals surface area contributed by atoms with Crippen molar-refractivity contribution in [2.75, 3.05) is 18.6 Å². The number of aromatic nitrogens is 2. The fourth-order valence-corrected chi connectivity index (χ4v) is 3.85. The van der Waals surface area contributed by atoms with E-state index in [0.717, 1.165) is 4.70 Å². The number of aromatic amines is 1. The minimum Gasteiger partial charge on any atom is -0.462 e. The Labute approximate surface area is 156 Å². The van der Waals surface area contributed by atoms with Crippen LogP contribution in [0.1, 0.15) is 22.2 Å². The van der Waals surface area contributed by atoms with Gasteiger partial charge in [0.25, 0.3) is 5.56 Å². The van der Waals surface area contributed by atoms with Gasteiger partial charge in [-0.3, -0.25) is 4.79 Å². The lowest BCUT2D eigenvalue weighted by Gasteiger charge is -2.05. The van der Waals surface area contributed by atoms with Gasteiger partial charge >= 0.3 is 5.97 Å². The summed E-state index contributed by atoms with van der Waals surface area (Å²) in [7, 11) is 0. The molecule has 0 fully saturated rings. The molecule has 0 saturated carbocycles. The minimum atomic E-state index is -0.493. The number of anilines is 1. The largest absolute Gasteiger partial charge is 0.462 e. The van der Waals surface area contributed by atoms with E-state index in [-0.39, 0.29) is 17.9 Å². The van der Waals surface area contributed by atoms with Crippen LogP contribution < -0.4 is 11.3 Å². The summed E-state index contributed by atoms with van der Waals surface area (Å²) in [5, 5.41) is 10.4. The van der Waals surface area contributed by atoms with Crippen LogP contribution >= 0.6 is 23.1 Å². The van der Waals surface area contributed by atoms with Crippen molar-refractivity contribution in [3.63, 3.8) is 0 Å². The first-order valence-electron chi connectivity index (χ1n) is 7.58. The number of thiophene rings is 1. The van der Waals surface area contributed by atoms with Gasteiger partial charge in [-0.2, -0.15) is 5.26 Å². The Bertz CT molecular complexity index is 1110. The van der Waals surface area contributed by atoms with Crippen LogP contribution in [0.2, 0.25) is 0 Å². The van der Waals surface area contributed by atoms with E-state index in [4.69, 9.17) is 10.5 Å². The quantitative estimate of drug-likeness (QED) is 0.401. The van der Waals surface area contributed by atoms with Crippen LogP contribution in [0.3, 0.4) is 0 Å². The SMILES string of the molecule is CCOC(=O)c1sc2ccc(-c3nc(SC)[nH]c(=O)c3C#N)cc2c1N. The Morgan fingerprint density at radius 3 is 2.92 bits per heavy atom. The Morgan fingerprint density at radius 2 is 2.27 bits per heavy atom. The summed E-state index contributed by atoms with van der Waals surface area (Å²) in [6, 6.07) is 7.17. The van der Waals surface area contributed by atoms with Crippen molar-refractivity contribution in [3.8, 4) is 17.3 Å². The average Bonchev–Trinajstić information content (AvgIpc) is 2.97. The third kappa shape index (κ3) is 3.05. The molecule has 0 aliphatic rings. The molecule has 3 N–H and O–H groups in total. The van der Waals surface area contributed by atoms with Gasteiger partial charge in [-0.05, 0) is 25.3 Å². The molecule has 26 heavy (non-hydrogen) atoms. The number of carbonyl (C=O) groups excluding carboxylic acids is 1. The fourth-order valence-electron chi connectivity index (χ4n) is 2.47. The van der Waals surface area contributed by atoms with Gasteiger partial charge in [0, 0.05) is 15.6 Å². The normalized spacial score (nSPS) is 10.7. The van der Waals surface area contributed by atoms with E-state index < -0.39 is 11.5 Å². The van der Waals surface area contributed by atoms with Crippen molar-refractivity contribution in [1.82, 2.24) is 9.97 Å². The van der Waals surface area contributed by atoms with Gasteiger partial charge < -0.3 is 15.5 Å². The predicted molar refractivity (Wildman–Crippen MR) is 103 cm³/mol. The molecule has 1 aromatic carbocycles. The third-order valence-electron chi connectivity index (χ3n) is 3.66. The maximum atomic E-state index is 12.1. The molecule has 132 valence electrons. The number of nitriles is 1. The van der Waals surface area contributed by atoms with E-state index in [1.54, 1.807) is 31.4 Å². The number of nitrogens with one attached hydrogen (secondary N) is 1. The zero-order chi connectivity index (χ0) is 18.8. The van der Waals surface area contributed by atoms with Gasteiger partial charge in [-0.25, -0.2) is 9.78 Å². The molecule has 9 heteroatoms. The zero-order valence-corrected chi connectivity index (χ0v) is 15.6. The number of nitrogens with zero attached hydrogens (tertiary/aromatic N) is 2. The number of ether oxygens (including phenoxy) is 1. The molecule has 2 heterocycles. The number of hydrogen-bond acceptors (Lipinski definition) is 8. The van der Waals surface area contributed by atoms with E-state index in [9.17, 15) is 14.9 Å². The van der Waals surface area contributed by atoms with E-state index in [1.807, 2.05) is 6.07 Å². The number of nitrogen functional groups attached to an aromatic ring is 1. The van der Waals surface area contributed by atoms with Gasteiger partial charge in [0.2, 0.25) is 0 Å². The second kappa shape index (κ2) is 7.19. The average molecular weight is 386 g/mol. The van der Waals surface area contributed by atoms with Crippen LogP contribution in [0.4, 0.5) is 5.69 Å². The lowest BCUT2D eigenvalue weighted by molar-refractivity contribution is 0.0533. The van der Waals surface area contributed by atoms with Crippen LogP contribution in [0.25, 0.3) is 21.3 Å². The number of H-pyrrole nitrogens is 1. The summed E-state index contributed by atoms with van der Waals surface area (Å²) in [5.41, 5.74) is 6.75. The molecular weight excluding hydrogens is 372 g/mol. The van der Waals surface area contributed by atoms with Gasteiger partial charge in [-0.1, -0.05) is 17.8 Å². The molecule has 0 aliphatic carbocycles. The van der Waals surface area contributed by atoms with E-state index >= 15 is 0 Å². The van der Waals surface area contributed by atoms with Gasteiger partial charge in [0.15, 0.2) is 5.16 Å². The first-order valence-corrected chi connectivity index (χ1v) is 9.62. The highest BCUT2D eigenvalue weighted by Crippen LogP contribution is 2.36. The standard InChI is InChI=1S/C17H14N4O3S2/c1-3-24-16(23)14-12(19)9-6-8(4-5-11(9)26-14)13-10(7-18)15(22)21-17(20-13)25-2/h4-6H,3,19H2,1-2H3,(H,20,21,22). The number of fused-ring (bicyclic) bond motifs is 1. The van der Waals surface area contributed by atoms with E-state index in [0.29, 0.717) is 26.7 Å². The van der Waals surface area contributed by atoms with Crippen LogP contribution in [-0.2, 0) is 4.74 Å². The molecular formula is C17H14N4O3S2. The molecule has 3 rings (SSSR count). The molecule has 0 bridgehead atoms. The molecule has 0 radical (unpaired) electrons. The number of benzene rings is 1. The van der Waals surface area contributed by atoms with Gasteiger partial charge in [0.1, 0.15) is 16.5 Å². The molecule has 0 amide bonds. The lowest BCUT2D eigenvalue weighted by Crippen LogP contribution is -2.14. The van der Waals surface area contributed by atoms with E-state index in [2.05, 4.69) is 9.97 Å². The first kappa shape index (κ1) is 18.0. The molecule has 0 spiro atoms. The summed E-state index contributed by atoms with van der Waals surface area (Å²) in [6.45, 7) is 1.99. The van der Waals surface area contributed by atoms with Crippen molar-refractivity contribution in [1.29, 1.82) is 5.26 Å². The first-order chi connectivity index (χ1) is 12.5. The smallest absolute Gasteiger partial charge is 0.350 e. The second-order valence-electron chi connectivity index (χ2n) is 5.19. The van der Waals surface area contributed by atoms with E-state index in [1.165, 1.54) is 23.1 Å². The Morgan fingerprint density at radius 1 is 1.50 bits per heavy atom. The summed E-state index contributed by atoms with van der Waals surface area (Å²) < 4.78 is 5.83. The maximum absolute atomic E-state index is 12.1. The van der Waals surface area contributed by atoms with Gasteiger partial charge in [-0.15, -0.1) is 11.3 Å². The summed E-state index contributed by atoms with van der Waals surface area (Å²) in [6.07, 6.45) is 1.78. The number of hydrogen-bond donors (Lipinski definition) is 2. The number of carbonyl (C=O) groups is 1. The zero-order valence-electron chi connectivity index (χ0n) is 14.0. The number of nitrogens with two attached hydrogens (primary N) is 1. The molecule has 3 aromatic rings. The van der Waals surface area contributed by atoms with Crippen molar-refractivity contribution in [2.24, 2.45) is 0 Å². The summed E-state index contributed by atoms with van der Waals surface area (Å²) in [4.78, 5) is 31.4. The molecule has 2 aromatic heterocycles. The highest BCUT2D eigenvalue weighted by molar-refractivity contribution is 7.98. The molecule has 0 atom stereocenters. The Hall–Kier alpha value is -2.83. The Balaban J connectivity index is 2.21. The monoisotopic (exact) mass is 386 g/mol. The highest BCUT2D eigenvalue weighted by Gasteiger charge is 2.19. The van der Waals surface area contributed by atoms with Crippen LogP contribution in [0.15, 0.2) is 28.2 Å². The van der Waals surface area contributed by atoms with Crippen molar-refractivity contribution >= 4 is 44.8 Å². The number of rotatable bonds is 4. The molecule has 7 nitrogen and oxygen atoms in total.